The first-order valence-corrected chi connectivity index (χ1v) is 3.34. The zero-order valence-electron chi connectivity index (χ0n) is 4.86. The van der Waals surface area contributed by atoms with Gasteiger partial charge in [-0.2, -0.15) is 0 Å². The van der Waals surface area contributed by atoms with Crippen molar-refractivity contribution in [1.29, 1.82) is 0 Å². The van der Waals surface area contributed by atoms with Crippen LogP contribution in [0.3, 0.4) is 0 Å². The van der Waals surface area contributed by atoms with Gasteiger partial charge in [0.2, 0.25) is 0 Å². The minimum Gasteiger partial charge on any atom is -0.334 e. The summed E-state index contributed by atoms with van der Waals surface area (Å²) in [6.45, 7) is 1.44. The maximum atomic E-state index is 12.3. The number of hydrogen-bond acceptors (Lipinski definition) is 1. The Kier molecular flexibility index (Phi) is 1.85. The summed E-state index contributed by atoms with van der Waals surface area (Å²) >= 11 is 3.12. The number of aromatic amines is 1. The quantitative estimate of drug-likeness (QED) is 0.727. The maximum Gasteiger partial charge on any atom is 0.155 e. The third-order valence-corrected chi connectivity index (χ3v) is 1.34. The molecule has 0 spiro atoms. The van der Waals surface area contributed by atoms with Crippen LogP contribution in [0.5, 0.6) is 0 Å². The largest absolute Gasteiger partial charge is 0.334 e. The van der Waals surface area contributed by atoms with Crippen LogP contribution in [0.25, 0.3) is 0 Å². The zero-order valence-corrected chi connectivity index (χ0v) is 6.44. The number of alkyl halides is 1. The van der Waals surface area contributed by atoms with Crippen LogP contribution in [-0.4, -0.2) is 9.97 Å². The normalized spacial score (nSPS) is 13.7. The van der Waals surface area contributed by atoms with E-state index in [-0.39, 0.29) is 0 Å². The molecular weight excluding hydrogens is 187 g/mol. The molecule has 0 saturated heterocycles. The van der Waals surface area contributed by atoms with Gasteiger partial charge < -0.3 is 4.98 Å². The number of aromatic nitrogens is 2. The van der Waals surface area contributed by atoms with E-state index < -0.39 is 6.17 Å². The van der Waals surface area contributed by atoms with Crippen LogP contribution in [0.1, 0.15) is 18.9 Å². The molecule has 0 aliphatic rings. The lowest BCUT2D eigenvalue weighted by atomic mass is 10.4. The van der Waals surface area contributed by atoms with Gasteiger partial charge in [-0.1, -0.05) is 0 Å². The standard InChI is InChI=1S/C5H6BrFN2/c1-3(7)5-8-2-4(6)9-5/h2-3H,1H3,(H,8,9). The Bertz CT molecular complexity index is 197. The first-order valence-electron chi connectivity index (χ1n) is 2.54. The molecule has 1 unspecified atom stereocenters. The molecule has 0 bridgehead atoms. The number of imidazole rings is 1. The molecule has 0 amide bonds. The Hall–Kier alpha value is -0.380. The number of H-pyrrole nitrogens is 1. The van der Waals surface area contributed by atoms with Crippen LogP contribution in [-0.2, 0) is 0 Å². The number of nitrogens with one attached hydrogen (secondary N) is 1. The number of rotatable bonds is 1. The molecule has 0 radical (unpaired) electrons. The van der Waals surface area contributed by atoms with Crippen LogP contribution >= 0.6 is 15.9 Å². The Morgan fingerprint density at radius 1 is 1.89 bits per heavy atom. The van der Waals surface area contributed by atoms with Gasteiger partial charge in [0.15, 0.2) is 6.17 Å². The van der Waals surface area contributed by atoms with Crippen molar-refractivity contribution < 1.29 is 4.39 Å². The van der Waals surface area contributed by atoms with E-state index in [1.807, 2.05) is 0 Å². The molecule has 0 saturated carbocycles. The summed E-state index contributed by atoms with van der Waals surface area (Å²) in [5.41, 5.74) is 0. The second kappa shape index (κ2) is 2.47. The highest BCUT2D eigenvalue weighted by Gasteiger charge is 2.04. The van der Waals surface area contributed by atoms with Gasteiger partial charge in [-0.25, -0.2) is 9.37 Å². The monoisotopic (exact) mass is 192 g/mol. The number of nitrogens with zero attached hydrogens (tertiary/aromatic N) is 1. The van der Waals surface area contributed by atoms with Crippen molar-refractivity contribution in [3.05, 3.63) is 16.6 Å². The molecule has 1 atom stereocenters. The molecule has 50 valence electrons. The van der Waals surface area contributed by atoms with Crippen molar-refractivity contribution >= 4 is 15.9 Å². The minimum absolute atomic E-state index is 0.363. The first-order chi connectivity index (χ1) is 4.20. The maximum absolute atomic E-state index is 12.3. The molecule has 1 aromatic rings. The fraction of sp³-hybridized carbons (Fsp3) is 0.400. The van der Waals surface area contributed by atoms with Crippen molar-refractivity contribution in [3.8, 4) is 0 Å². The van der Waals surface area contributed by atoms with Crippen LogP contribution in [0, 0.1) is 0 Å². The van der Waals surface area contributed by atoms with Crippen molar-refractivity contribution in [2.75, 3.05) is 0 Å². The fourth-order valence-corrected chi connectivity index (χ4v) is 0.821. The van der Waals surface area contributed by atoms with Crippen LogP contribution in [0.2, 0.25) is 0 Å². The minimum atomic E-state index is -1.02. The average Bonchev–Trinajstić information content (AvgIpc) is 2.14. The van der Waals surface area contributed by atoms with E-state index in [1.54, 1.807) is 0 Å². The zero-order chi connectivity index (χ0) is 6.85. The molecule has 1 N–H and O–H groups in total. The van der Waals surface area contributed by atoms with E-state index in [1.165, 1.54) is 13.1 Å². The highest BCUT2D eigenvalue weighted by atomic mass is 79.9. The van der Waals surface area contributed by atoms with Crippen molar-refractivity contribution in [3.63, 3.8) is 0 Å². The van der Waals surface area contributed by atoms with Crippen molar-refractivity contribution in [1.82, 2.24) is 9.97 Å². The summed E-state index contributed by atoms with van der Waals surface area (Å²) < 4.78 is 13.0. The predicted octanol–water partition coefficient (Wildman–Crippen LogP) is 2.20. The highest BCUT2D eigenvalue weighted by Crippen LogP contribution is 2.14. The van der Waals surface area contributed by atoms with Gasteiger partial charge in [0.05, 0.1) is 6.20 Å². The average molecular weight is 193 g/mol. The van der Waals surface area contributed by atoms with Gasteiger partial charge in [0.25, 0.3) is 0 Å². The third kappa shape index (κ3) is 1.51. The van der Waals surface area contributed by atoms with E-state index in [4.69, 9.17) is 0 Å². The smallest absolute Gasteiger partial charge is 0.155 e. The lowest BCUT2D eigenvalue weighted by Gasteiger charge is -1.91. The van der Waals surface area contributed by atoms with Gasteiger partial charge in [-0.3, -0.25) is 0 Å². The molecular formula is C5H6BrFN2. The Morgan fingerprint density at radius 2 is 2.56 bits per heavy atom. The molecule has 0 fully saturated rings. The summed E-state index contributed by atoms with van der Waals surface area (Å²) in [7, 11) is 0. The lowest BCUT2D eigenvalue weighted by Crippen LogP contribution is -1.86. The molecule has 2 nitrogen and oxygen atoms in total. The molecule has 1 aromatic heterocycles. The SMILES string of the molecule is CC(F)c1ncc(Br)[nH]1. The molecule has 0 aliphatic heterocycles. The van der Waals surface area contributed by atoms with E-state index >= 15 is 0 Å². The second-order valence-corrected chi connectivity index (χ2v) is 2.59. The second-order valence-electron chi connectivity index (χ2n) is 1.73. The molecule has 1 rings (SSSR count). The van der Waals surface area contributed by atoms with Gasteiger partial charge in [-0.15, -0.1) is 0 Å². The fourth-order valence-electron chi connectivity index (χ4n) is 0.515. The summed E-state index contributed by atoms with van der Waals surface area (Å²) in [5, 5.41) is 0. The molecule has 1 heterocycles. The van der Waals surface area contributed by atoms with Crippen LogP contribution in [0.15, 0.2) is 10.8 Å². The van der Waals surface area contributed by atoms with Crippen molar-refractivity contribution in [2.45, 2.75) is 13.1 Å². The van der Waals surface area contributed by atoms with E-state index in [9.17, 15) is 4.39 Å². The number of halogens is 2. The highest BCUT2D eigenvalue weighted by molar-refractivity contribution is 9.10. The Labute approximate surface area is 60.6 Å². The van der Waals surface area contributed by atoms with Crippen LogP contribution in [0.4, 0.5) is 4.39 Å². The van der Waals surface area contributed by atoms with Gasteiger partial charge in [0.1, 0.15) is 10.4 Å². The van der Waals surface area contributed by atoms with E-state index in [0.717, 1.165) is 0 Å². The third-order valence-electron chi connectivity index (χ3n) is 0.941. The molecule has 0 aliphatic carbocycles. The van der Waals surface area contributed by atoms with Crippen LogP contribution < -0.4 is 0 Å². The molecule has 4 heteroatoms. The van der Waals surface area contributed by atoms with Gasteiger partial charge in [-0.05, 0) is 22.9 Å². The van der Waals surface area contributed by atoms with Crippen molar-refractivity contribution in [2.24, 2.45) is 0 Å². The Morgan fingerprint density at radius 3 is 2.78 bits per heavy atom. The molecule has 9 heavy (non-hydrogen) atoms. The van der Waals surface area contributed by atoms with E-state index in [2.05, 4.69) is 25.9 Å². The first kappa shape index (κ1) is 6.74. The number of hydrogen-bond donors (Lipinski definition) is 1. The van der Waals surface area contributed by atoms with Gasteiger partial charge in [0, 0.05) is 0 Å². The predicted molar refractivity (Wildman–Crippen MR) is 35.8 cm³/mol. The molecule has 0 aromatic carbocycles. The summed E-state index contributed by atoms with van der Waals surface area (Å²) in [4.78, 5) is 6.44. The topological polar surface area (TPSA) is 28.7 Å². The summed E-state index contributed by atoms with van der Waals surface area (Å²) in [6.07, 6.45) is 0.516. The summed E-state index contributed by atoms with van der Waals surface area (Å²) in [6, 6.07) is 0. The van der Waals surface area contributed by atoms with Gasteiger partial charge >= 0.3 is 0 Å². The van der Waals surface area contributed by atoms with E-state index in [0.29, 0.717) is 10.4 Å². The Balaban J connectivity index is 2.85. The summed E-state index contributed by atoms with van der Waals surface area (Å²) in [5.74, 6) is 0.363. The lowest BCUT2D eigenvalue weighted by molar-refractivity contribution is 0.358.